The number of benzene rings is 1. The zero-order valence-electron chi connectivity index (χ0n) is 16.5. The Morgan fingerprint density at radius 2 is 1.96 bits per heavy atom. The molecule has 0 unspecified atom stereocenters. The van der Waals surface area contributed by atoms with Crippen LogP contribution in [0.1, 0.15) is 58.5 Å². The molecule has 1 aliphatic rings. The van der Waals surface area contributed by atoms with Crippen molar-refractivity contribution < 1.29 is 14.3 Å². The van der Waals surface area contributed by atoms with Crippen LogP contribution in [-0.2, 0) is 10.2 Å². The predicted molar refractivity (Wildman–Crippen MR) is 108 cm³/mol. The van der Waals surface area contributed by atoms with Crippen LogP contribution in [0.2, 0.25) is 0 Å². The lowest BCUT2D eigenvalue weighted by molar-refractivity contribution is 0.0487. The number of thiazole rings is 1. The molecule has 0 bridgehead atoms. The fraction of sp³-hybridized carbons (Fsp3) is 0.524. The third-order valence-electron chi connectivity index (χ3n) is 5.25. The van der Waals surface area contributed by atoms with E-state index in [0.29, 0.717) is 19.8 Å². The summed E-state index contributed by atoms with van der Waals surface area (Å²) in [5.74, 6) is 1.05. The summed E-state index contributed by atoms with van der Waals surface area (Å²) in [6.45, 7) is 8.10. The van der Waals surface area contributed by atoms with Gasteiger partial charge in [-0.25, -0.2) is 4.98 Å². The second-order valence-corrected chi connectivity index (χ2v) is 8.61. The van der Waals surface area contributed by atoms with Crippen molar-refractivity contribution in [3.8, 4) is 5.75 Å². The van der Waals surface area contributed by atoms with Gasteiger partial charge in [0.1, 0.15) is 10.6 Å². The maximum absolute atomic E-state index is 12.9. The van der Waals surface area contributed by atoms with Gasteiger partial charge < -0.3 is 14.8 Å². The van der Waals surface area contributed by atoms with Crippen LogP contribution in [0.15, 0.2) is 24.3 Å². The van der Waals surface area contributed by atoms with Crippen molar-refractivity contribution in [1.82, 2.24) is 10.3 Å². The Kier molecular flexibility index (Phi) is 6.17. The first kappa shape index (κ1) is 19.8. The average molecular weight is 389 g/mol. The van der Waals surface area contributed by atoms with Gasteiger partial charge in [0.05, 0.1) is 17.8 Å². The number of nitrogens with one attached hydrogen (secondary N) is 1. The second kappa shape index (κ2) is 8.40. The summed E-state index contributed by atoms with van der Waals surface area (Å²) in [5.41, 5.74) is 2.00. The Labute approximate surface area is 165 Å². The van der Waals surface area contributed by atoms with Crippen molar-refractivity contribution in [3.05, 3.63) is 45.4 Å². The summed E-state index contributed by atoms with van der Waals surface area (Å²) in [7, 11) is 1.67. The Balaban J connectivity index is 1.80. The molecular weight excluding hydrogens is 360 g/mol. The van der Waals surface area contributed by atoms with E-state index < -0.39 is 0 Å². The minimum absolute atomic E-state index is 0.0244. The first-order valence-electron chi connectivity index (χ1n) is 9.43. The lowest BCUT2D eigenvalue weighted by Crippen LogP contribution is -2.44. The van der Waals surface area contributed by atoms with E-state index in [0.717, 1.165) is 34.2 Å². The summed E-state index contributed by atoms with van der Waals surface area (Å²) in [5, 5.41) is 4.12. The topological polar surface area (TPSA) is 60.5 Å². The fourth-order valence-electron chi connectivity index (χ4n) is 3.60. The summed E-state index contributed by atoms with van der Waals surface area (Å²) in [6, 6.07) is 8.18. The van der Waals surface area contributed by atoms with Gasteiger partial charge in [-0.3, -0.25) is 4.79 Å². The van der Waals surface area contributed by atoms with Gasteiger partial charge >= 0.3 is 0 Å². The number of nitrogens with zero attached hydrogens (tertiary/aromatic N) is 1. The smallest absolute Gasteiger partial charge is 0.263 e. The lowest BCUT2D eigenvalue weighted by atomic mass is 9.74. The number of hydrogen-bond acceptors (Lipinski definition) is 5. The molecule has 0 atom stereocenters. The molecule has 0 aliphatic carbocycles. The molecule has 2 heterocycles. The number of amides is 1. The van der Waals surface area contributed by atoms with Crippen molar-refractivity contribution in [1.29, 1.82) is 0 Å². The first-order valence-corrected chi connectivity index (χ1v) is 10.2. The van der Waals surface area contributed by atoms with Gasteiger partial charge in [-0.2, -0.15) is 0 Å². The van der Waals surface area contributed by atoms with Crippen LogP contribution >= 0.6 is 11.3 Å². The number of ether oxygens (including phenoxy) is 2. The summed E-state index contributed by atoms with van der Waals surface area (Å²) in [6.07, 6.45) is 1.77. The van der Waals surface area contributed by atoms with Crippen LogP contribution < -0.4 is 10.1 Å². The van der Waals surface area contributed by atoms with Gasteiger partial charge in [-0.15, -0.1) is 11.3 Å². The Morgan fingerprint density at radius 3 is 2.56 bits per heavy atom. The minimum atomic E-state index is -0.113. The molecule has 1 N–H and O–H groups in total. The van der Waals surface area contributed by atoms with E-state index in [9.17, 15) is 4.79 Å². The van der Waals surface area contributed by atoms with E-state index >= 15 is 0 Å². The molecule has 1 amide bonds. The molecule has 27 heavy (non-hydrogen) atoms. The normalized spacial score (nSPS) is 16.3. The number of hydrogen-bond donors (Lipinski definition) is 1. The molecule has 0 radical (unpaired) electrons. The van der Waals surface area contributed by atoms with Crippen molar-refractivity contribution in [2.24, 2.45) is 0 Å². The minimum Gasteiger partial charge on any atom is -0.497 e. The molecule has 5 nitrogen and oxygen atoms in total. The van der Waals surface area contributed by atoms with E-state index in [1.54, 1.807) is 7.11 Å². The quantitative estimate of drug-likeness (QED) is 0.811. The Bertz CT molecular complexity index is 777. The van der Waals surface area contributed by atoms with Crippen LogP contribution in [0.3, 0.4) is 0 Å². The largest absolute Gasteiger partial charge is 0.497 e. The van der Waals surface area contributed by atoms with E-state index in [2.05, 4.69) is 36.3 Å². The van der Waals surface area contributed by atoms with E-state index in [1.165, 1.54) is 16.9 Å². The van der Waals surface area contributed by atoms with Crippen molar-refractivity contribution >= 4 is 17.2 Å². The van der Waals surface area contributed by atoms with Crippen LogP contribution in [0.5, 0.6) is 5.75 Å². The lowest BCUT2D eigenvalue weighted by Gasteiger charge is -2.38. The maximum atomic E-state index is 12.9. The molecule has 1 aliphatic heterocycles. The summed E-state index contributed by atoms with van der Waals surface area (Å²) in [4.78, 5) is 18.2. The monoisotopic (exact) mass is 388 g/mol. The molecule has 1 fully saturated rings. The van der Waals surface area contributed by atoms with Gasteiger partial charge in [-0.05, 0) is 43.4 Å². The Morgan fingerprint density at radius 1 is 1.30 bits per heavy atom. The average Bonchev–Trinajstić information content (AvgIpc) is 3.09. The van der Waals surface area contributed by atoms with Crippen molar-refractivity contribution in [3.63, 3.8) is 0 Å². The van der Waals surface area contributed by atoms with E-state index in [-0.39, 0.29) is 17.2 Å². The van der Waals surface area contributed by atoms with Crippen molar-refractivity contribution in [2.75, 3.05) is 26.9 Å². The summed E-state index contributed by atoms with van der Waals surface area (Å²) >= 11 is 1.47. The number of carbonyl (C=O) groups is 1. The first-order chi connectivity index (χ1) is 12.9. The van der Waals surface area contributed by atoms with Gasteiger partial charge in [0, 0.05) is 25.2 Å². The molecule has 0 saturated carbocycles. The third-order valence-corrected chi connectivity index (χ3v) is 6.24. The fourth-order valence-corrected chi connectivity index (χ4v) is 4.59. The molecule has 1 aromatic heterocycles. The number of aromatic nitrogens is 1. The highest BCUT2D eigenvalue weighted by atomic mass is 32.1. The molecule has 146 valence electrons. The van der Waals surface area contributed by atoms with Gasteiger partial charge in [0.25, 0.3) is 5.91 Å². The zero-order valence-corrected chi connectivity index (χ0v) is 17.3. The molecular formula is C21H28N2O3S. The highest BCUT2D eigenvalue weighted by Gasteiger charge is 2.35. The van der Waals surface area contributed by atoms with Crippen LogP contribution in [0, 0.1) is 6.92 Å². The van der Waals surface area contributed by atoms with Crippen molar-refractivity contribution in [2.45, 2.75) is 44.9 Å². The molecule has 3 rings (SSSR count). The van der Waals surface area contributed by atoms with Gasteiger partial charge in [0.2, 0.25) is 0 Å². The molecule has 0 spiro atoms. The maximum Gasteiger partial charge on any atom is 0.263 e. The number of carbonyl (C=O) groups excluding carboxylic acids is 1. The second-order valence-electron chi connectivity index (χ2n) is 7.41. The van der Waals surface area contributed by atoms with Gasteiger partial charge in [0.15, 0.2) is 0 Å². The predicted octanol–water partition coefficient (Wildman–Crippen LogP) is 4.06. The molecule has 6 heteroatoms. The van der Waals surface area contributed by atoms with Crippen LogP contribution in [0.25, 0.3) is 0 Å². The zero-order chi connectivity index (χ0) is 19.4. The number of aryl methyl sites for hydroxylation is 1. The standard InChI is InChI=1S/C21H28N2O3S/c1-14(2)18-19(27-15(3)23-18)20(24)22-13-21(9-11-26-12-10-21)16-5-7-17(25-4)8-6-16/h5-8,14H,9-13H2,1-4H3,(H,22,24). The van der Waals surface area contributed by atoms with Gasteiger partial charge in [-0.1, -0.05) is 26.0 Å². The molecule has 1 aromatic carbocycles. The number of rotatable bonds is 6. The van der Waals surface area contributed by atoms with Crippen LogP contribution in [-0.4, -0.2) is 37.8 Å². The number of methoxy groups -OCH3 is 1. The SMILES string of the molecule is COc1ccc(C2(CNC(=O)c3sc(C)nc3C(C)C)CCOCC2)cc1. The van der Waals surface area contributed by atoms with Crippen LogP contribution in [0.4, 0.5) is 0 Å². The molecule has 1 saturated heterocycles. The molecule has 2 aromatic rings. The van der Waals surface area contributed by atoms with E-state index in [1.807, 2.05) is 19.1 Å². The highest BCUT2D eigenvalue weighted by Crippen LogP contribution is 2.35. The Hall–Kier alpha value is -1.92. The highest BCUT2D eigenvalue weighted by molar-refractivity contribution is 7.13. The van der Waals surface area contributed by atoms with E-state index in [4.69, 9.17) is 9.47 Å². The summed E-state index contributed by atoms with van der Waals surface area (Å²) < 4.78 is 10.9. The third kappa shape index (κ3) is 4.33.